The first-order valence-electron chi connectivity index (χ1n) is 21.7. The lowest BCUT2D eigenvalue weighted by Gasteiger charge is -2.41. The Morgan fingerprint density at radius 3 is 1.49 bits per heavy atom. The topological polar surface area (TPSA) is 27.7 Å². The van der Waals surface area contributed by atoms with Gasteiger partial charge in [0.05, 0.1) is 0 Å². The second-order valence-electron chi connectivity index (χ2n) is 16.3. The van der Waals surface area contributed by atoms with Crippen LogP contribution in [-0.2, 0) is 20.6 Å². The van der Waals surface area contributed by atoms with E-state index in [0.29, 0.717) is 31.6 Å². The molecule has 0 radical (unpaired) electrons. The van der Waals surface area contributed by atoms with E-state index in [9.17, 15) is 26.3 Å². The third-order valence-corrected chi connectivity index (χ3v) is 11.7. The zero-order valence-electron chi connectivity index (χ0n) is 35.0. The minimum absolute atomic E-state index is 0.00487. The molecule has 1 aliphatic rings. The first-order valence-corrected chi connectivity index (χ1v) is 21.7. The van der Waals surface area contributed by atoms with Gasteiger partial charge in [0.25, 0.3) is 0 Å². The largest absolute Gasteiger partial charge is 0.451 e. The van der Waals surface area contributed by atoms with Gasteiger partial charge in [-0.25, -0.2) is 8.78 Å². The molecule has 1 aliphatic carbocycles. The van der Waals surface area contributed by atoms with Crippen LogP contribution in [0.15, 0.2) is 24.3 Å². The quantitative estimate of drug-likeness (QED) is 0.0594. The van der Waals surface area contributed by atoms with Gasteiger partial charge in [0.2, 0.25) is 11.7 Å². The Labute approximate surface area is 335 Å². The lowest BCUT2D eigenvalue weighted by Crippen LogP contribution is -2.60. The Bertz CT molecular complexity index is 1220. The van der Waals surface area contributed by atoms with E-state index >= 15 is 17.6 Å². The molecule has 0 saturated heterocycles. The monoisotopic (exact) mass is 837 g/mol. The van der Waals surface area contributed by atoms with E-state index in [1.54, 1.807) is 12.1 Å². The van der Waals surface area contributed by atoms with Crippen molar-refractivity contribution in [1.82, 2.24) is 0 Å². The van der Waals surface area contributed by atoms with Crippen LogP contribution in [-0.4, -0.2) is 48.5 Å². The fourth-order valence-electron chi connectivity index (χ4n) is 7.73. The molecule has 57 heavy (non-hydrogen) atoms. The smallest absolute Gasteiger partial charge is 0.365 e. The number of rotatable bonds is 29. The highest BCUT2D eigenvalue weighted by molar-refractivity contribution is 5.27. The first kappa shape index (κ1) is 51.5. The maximum absolute atomic E-state index is 16.8. The van der Waals surface area contributed by atoms with Gasteiger partial charge in [-0.2, -0.15) is 35.1 Å². The number of hydrogen-bond donors (Lipinski definition) is 0. The van der Waals surface area contributed by atoms with Gasteiger partial charge in [-0.1, -0.05) is 136 Å². The van der Waals surface area contributed by atoms with Gasteiger partial charge in [-0.3, -0.25) is 9.47 Å². The highest BCUT2D eigenvalue weighted by Crippen LogP contribution is 2.48. The van der Waals surface area contributed by atoms with Gasteiger partial charge in [-0.15, -0.1) is 0 Å². The predicted molar refractivity (Wildman–Crippen MR) is 206 cm³/mol. The lowest BCUT2D eigenvalue weighted by atomic mass is 9.77. The predicted octanol–water partition coefficient (Wildman–Crippen LogP) is 15.8. The zero-order chi connectivity index (χ0) is 42.8. The summed E-state index contributed by atoms with van der Waals surface area (Å²) in [5, 5.41) is 0. The molecule has 2 rings (SSSR count). The average Bonchev–Trinajstić information content (AvgIpc) is 3.16. The molecule has 0 bridgehead atoms. The first-order chi connectivity index (χ1) is 26.7. The summed E-state index contributed by atoms with van der Waals surface area (Å²) >= 11 is 0. The molecule has 0 spiro atoms. The van der Waals surface area contributed by atoms with Crippen LogP contribution in [0.3, 0.4) is 0 Å². The number of unbranched alkanes of at least 4 members (excludes halogenated alkanes) is 10. The van der Waals surface area contributed by atoms with Gasteiger partial charge >= 0.3 is 24.1 Å². The number of benzene rings is 1. The summed E-state index contributed by atoms with van der Waals surface area (Å²) in [5.41, 5.74) is 0.908. The van der Waals surface area contributed by atoms with Crippen molar-refractivity contribution in [3.8, 4) is 0 Å². The second kappa shape index (κ2) is 24.0. The van der Waals surface area contributed by atoms with Crippen LogP contribution >= 0.6 is 0 Å². The second-order valence-corrected chi connectivity index (χ2v) is 16.3. The van der Waals surface area contributed by atoms with Crippen LogP contribution in [0, 0.1) is 5.92 Å². The van der Waals surface area contributed by atoms with Gasteiger partial charge in [0, 0.05) is 32.1 Å². The van der Waals surface area contributed by atoms with Crippen LogP contribution < -0.4 is 0 Å². The van der Waals surface area contributed by atoms with E-state index in [2.05, 4.69) is 11.7 Å². The molecule has 0 N–H and O–H groups in total. The summed E-state index contributed by atoms with van der Waals surface area (Å²) in [6, 6.07) is 6.17. The molecule has 334 valence electrons. The Hall–Kier alpha value is -1.60. The van der Waals surface area contributed by atoms with Gasteiger partial charge < -0.3 is 4.74 Å². The van der Waals surface area contributed by atoms with E-state index in [1.807, 2.05) is 13.8 Å². The molecule has 1 aromatic rings. The van der Waals surface area contributed by atoms with Crippen LogP contribution in [0.2, 0.25) is 0 Å². The maximum Gasteiger partial charge on any atom is 0.451 e. The van der Waals surface area contributed by atoms with Crippen molar-refractivity contribution in [1.29, 1.82) is 0 Å². The van der Waals surface area contributed by atoms with Crippen molar-refractivity contribution in [3.05, 3.63) is 35.4 Å². The summed E-state index contributed by atoms with van der Waals surface area (Å²) in [6.45, 7) is 5.96. The minimum Gasteiger partial charge on any atom is -0.365 e. The van der Waals surface area contributed by atoms with Crippen molar-refractivity contribution in [2.75, 3.05) is 6.61 Å². The van der Waals surface area contributed by atoms with Gasteiger partial charge in [0.15, 0.2) is 0 Å². The molecule has 1 aromatic carbocycles. The normalized spacial score (nSPS) is 21.7. The molecular formula is C44H70F10O3. The fourth-order valence-corrected chi connectivity index (χ4v) is 7.73. The Balaban J connectivity index is 2.46. The lowest BCUT2D eigenvalue weighted by molar-refractivity contribution is -0.428. The summed E-state index contributed by atoms with van der Waals surface area (Å²) < 4.78 is 167. The van der Waals surface area contributed by atoms with Crippen LogP contribution in [0.25, 0.3) is 0 Å². The summed E-state index contributed by atoms with van der Waals surface area (Å²) in [6.07, 6.45) is -4.78. The summed E-state index contributed by atoms with van der Waals surface area (Å²) in [7, 11) is 0. The molecule has 3 nitrogen and oxygen atoms in total. The Morgan fingerprint density at radius 2 is 1.04 bits per heavy atom. The van der Waals surface area contributed by atoms with Crippen molar-refractivity contribution in [2.45, 2.75) is 230 Å². The van der Waals surface area contributed by atoms with Gasteiger partial charge in [-0.05, 0) is 61.5 Å². The maximum atomic E-state index is 16.8. The number of alkyl halides is 10. The molecule has 1 saturated carbocycles. The third-order valence-electron chi connectivity index (χ3n) is 11.7. The zero-order valence-corrected chi connectivity index (χ0v) is 35.0. The van der Waals surface area contributed by atoms with E-state index in [4.69, 9.17) is 9.47 Å². The highest BCUT2D eigenvalue weighted by atomic mass is 19.4. The van der Waals surface area contributed by atoms with Crippen LogP contribution in [0.5, 0.6) is 0 Å². The molecule has 0 amide bonds. The highest BCUT2D eigenvalue weighted by Gasteiger charge is 2.68. The van der Waals surface area contributed by atoms with Gasteiger partial charge in [0.1, 0.15) is 12.7 Å². The standard InChI is InChI=1S/C44H70F10O3/c1-6-11-14-16-19-30-39(45,9-4)56-41(47,43(49,50)51)33-55-38(42(48,44(52,53)54)57-40(46,10-5)31-20-17-15-12-7-2)32-35-24-28-37(29-25-35)36-26-22-34(23-27-36)21-18-13-8-3/h24-25,28-29,34,36,38H,6-23,26-27,30-33H2,1-5H3. The third kappa shape index (κ3) is 16.4. The van der Waals surface area contributed by atoms with E-state index in [0.717, 1.165) is 83.6 Å². The molecule has 13 heteroatoms. The molecule has 5 unspecified atom stereocenters. The number of hydrogen-bond acceptors (Lipinski definition) is 3. The van der Waals surface area contributed by atoms with Crippen LogP contribution in [0.4, 0.5) is 43.9 Å². The summed E-state index contributed by atoms with van der Waals surface area (Å²) in [5.74, 6) is -15.6. The Morgan fingerprint density at radius 1 is 0.561 bits per heavy atom. The fraction of sp³-hybridized carbons (Fsp3) is 0.864. The van der Waals surface area contributed by atoms with E-state index < -0.39 is 80.6 Å². The summed E-state index contributed by atoms with van der Waals surface area (Å²) in [4.78, 5) is 0. The molecule has 5 atom stereocenters. The van der Waals surface area contributed by atoms with Crippen molar-refractivity contribution < 1.29 is 58.1 Å². The Kier molecular flexibility index (Phi) is 21.7. The van der Waals surface area contributed by atoms with Crippen LogP contribution in [0.1, 0.15) is 193 Å². The van der Waals surface area contributed by atoms with E-state index in [-0.39, 0.29) is 24.3 Å². The van der Waals surface area contributed by atoms with Crippen molar-refractivity contribution in [2.24, 2.45) is 5.92 Å². The molecule has 1 fully saturated rings. The number of ether oxygens (including phenoxy) is 3. The molecule has 0 heterocycles. The minimum atomic E-state index is -6.05. The molecule has 0 aromatic heterocycles. The van der Waals surface area contributed by atoms with Crippen molar-refractivity contribution >= 4 is 0 Å². The SMILES string of the molecule is CCCCCCCC(F)(CC)OC(F)(COC(Cc1ccc(C2CCC(CCCCC)CC2)cc1)C(F)(OC(F)(CC)CCCCCCC)C(F)(F)F)C(F)(F)F. The van der Waals surface area contributed by atoms with Crippen molar-refractivity contribution in [3.63, 3.8) is 0 Å². The van der Waals surface area contributed by atoms with E-state index in [1.165, 1.54) is 25.0 Å². The number of halogens is 10. The molecule has 0 aliphatic heterocycles. The molecular weight excluding hydrogens is 766 g/mol. The average molecular weight is 837 g/mol.